The molecule has 0 bridgehead atoms. The van der Waals surface area contributed by atoms with Gasteiger partial charge in [0.25, 0.3) is 0 Å². The largest absolute Gasteiger partial charge is 0.241 e. The van der Waals surface area contributed by atoms with Gasteiger partial charge in [-0.25, -0.2) is 13.1 Å². The molecule has 0 aliphatic carbocycles. The molecule has 0 aliphatic heterocycles. The van der Waals surface area contributed by atoms with E-state index in [9.17, 15) is 8.42 Å². The molecule has 3 nitrogen and oxygen atoms in total. The number of sulfonamides is 1. The summed E-state index contributed by atoms with van der Waals surface area (Å²) in [5, 5.41) is 0. The Bertz CT molecular complexity index is 732. The first-order chi connectivity index (χ1) is 9.69. The first kappa shape index (κ1) is 16.2. The predicted molar refractivity (Wildman–Crippen MR) is 89.7 cm³/mol. The molecule has 112 valence electrons. The monoisotopic (exact) mass is 367 g/mol. The van der Waals surface area contributed by atoms with E-state index in [-0.39, 0.29) is 0 Å². The highest BCUT2D eigenvalue weighted by atomic mass is 79.9. The van der Waals surface area contributed by atoms with E-state index >= 15 is 0 Å². The Morgan fingerprint density at radius 1 is 0.952 bits per heavy atom. The van der Waals surface area contributed by atoms with Crippen molar-refractivity contribution in [3.05, 3.63) is 53.0 Å². The molecule has 0 heterocycles. The van der Waals surface area contributed by atoms with Crippen LogP contribution in [-0.2, 0) is 10.0 Å². The van der Waals surface area contributed by atoms with Crippen LogP contribution in [0.1, 0.15) is 20.8 Å². The third kappa shape index (κ3) is 4.15. The maximum Gasteiger partial charge on any atom is 0.241 e. The lowest BCUT2D eigenvalue weighted by molar-refractivity contribution is 0.491. The zero-order valence-corrected chi connectivity index (χ0v) is 14.6. The second kappa shape index (κ2) is 5.91. The minimum absolute atomic E-state index is 0.294. The molecule has 0 atom stereocenters. The molecule has 0 spiro atoms. The standard InChI is InChI=1S/C16H18BrNO2S/c1-16(2,3)18-21(19,20)15-7-5-4-6-14(15)12-8-10-13(17)11-9-12/h4-11,18H,1-3H3. The zero-order chi connectivity index (χ0) is 15.7. The van der Waals surface area contributed by atoms with Gasteiger partial charge >= 0.3 is 0 Å². The van der Waals surface area contributed by atoms with Crippen LogP contribution in [0, 0.1) is 0 Å². The first-order valence-corrected chi connectivity index (χ1v) is 8.86. The average Bonchev–Trinajstić information content (AvgIpc) is 2.37. The normalized spacial score (nSPS) is 12.4. The van der Waals surface area contributed by atoms with Gasteiger partial charge in [-0.1, -0.05) is 46.3 Å². The maximum atomic E-state index is 12.6. The number of rotatable bonds is 3. The summed E-state index contributed by atoms with van der Waals surface area (Å²) in [4.78, 5) is 0.294. The minimum atomic E-state index is -3.57. The maximum absolute atomic E-state index is 12.6. The molecular weight excluding hydrogens is 350 g/mol. The van der Waals surface area contributed by atoms with Crippen LogP contribution >= 0.6 is 15.9 Å². The summed E-state index contributed by atoms with van der Waals surface area (Å²) in [6.45, 7) is 5.48. The molecule has 5 heteroatoms. The lowest BCUT2D eigenvalue weighted by Gasteiger charge is -2.21. The molecule has 21 heavy (non-hydrogen) atoms. The Kier molecular flexibility index (Phi) is 4.56. The van der Waals surface area contributed by atoms with E-state index in [0.29, 0.717) is 10.5 Å². The second-order valence-electron chi connectivity index (χ2n) is 5.86. The summed E-state index contributed by atoms with van der Waals surface area (Å²) < 4.78 is 28.8. The van der Waals surface area contributed by atoms with E-state index in [1.165, 1.54) is 0 Å². The van der Waals surface area contributed by atoms with Crippen molar-refractivity contribution in [1.82, 2.24) is 4.72 Å². The van der Waals surface area contributed by atoms with Crippen molar-refractivity contribution in [1.29, 1.82) is 0 Å². The number of halogens is 1. The van der Waals surface area contributed by atoms with Crippen LogP contribution in [0.5, 0.6) is 0 Å². The molecule has 0 saturated heterocycles. The van der Waals surface area contributed by atoms with Crippen LogP contribution < -0.4 is 4.72 Å². The van der Waals surface area contributed by atoms with Gasteiger partial charge < -0.3 is 0 Å². The minimum Gasteiger partial charge on any atom is -0.207 e. The smallest absolute Gasteiger partial charge is 0.207 e. The molecule has 0 saturated carbocycles. The SMILES string of the molecule is CC(C)(C)NS(=O)(=O)c1ccccc1-c1ccc(Br)cc1. The lowest BCUT2D eigenvalue weighted by Crippen LogP contribution is -2.40. The molecule has 2 aromatic carbocycles. The van der Waals surface area contributed by atoms with E-state index in [0.717, 1.165) is 10.0 Å². The van der Waals surface area contributed by atoms with Gasteiger partial charge in [-0.05, 0) is 44.5 Å². The fourth-order valence-electron chi connectivity index (χ4n) is 2.03. The van der Waals surface area contributed by atoms with Gasteiger partial charge in [0.2, 0.25) is 10.0 Å². The third-order valence-electron chi connectivity index (χ3n) is 2.77. The number of benzene rings is 2. The van der Waals surface area contributed by atoms with Crippen molar-refractivity contribution in [2.75, 3.05) is 0 Å². The highest BCUT2D eigenvalue weighted by Gasteiger charge is 2.24. The number of hydrogen-bond donors (Lipinski definition) is 1. The summed E-state index contributed by atoms with van der Waals surface area (Å²) in [5.74, 6) is 0. The second-order valence-corrected chi connectivity index (χ2v) is 8.43. The Morgan fingerprint density at radius 3 is 2.10 bits per heavy atom. The first-order valence-electron chi connectivity index (χ1n) is 6.58. The van der Waals surface area contributed by atoms with Crippen LogP contribution in [0.2, 0.25) is 0 Å². The van der Waals surface area contributed by atoms with Gasteiger partial charge in [-0.3, -0.25) is 0 Å². The molecule has 1 N–H and O–H groups in total. The highest BCUT2D eigenvalue weighted by Crippen LogP contribution is 2.28. The molecule has 0 fully saturated rings. The van der Waals surface area contributed by atoms with Crippen molar-refractivity contribution in [2.24, 2.45) is 0 Å². The van der Waals surface area contributed by atoms with Crippen molar-refractivity contribution in [3.8, 4) is 11.1 Å². The van der Waals surface area contributed by atoms with Crippen molar-refractivity contribution < 1.29 is 8.42 Å². The Labute approximate surface area is 134 Å². The molecule has 2 aromatic rings. The van der Waals surface area contributed by atoms with Crippen LogP contribution in [0.25, 0.3) is 11.1 Å². The van der Waals surface area contributed by atoms with E-state index in [1.54, 1.807) is 12.1 Å². The van der Waals surface area contributed by atoms with Crippen LogP contribution in [0.15, 0.2) is 57.9 Å². The fourth-order valence-corrected chi connectivity index (χ4v) is 3.94. The van der Waals surface area contributed by atoms with E-state index in [4.69, 9.17) is 0 Å². The van der Waals surface area contributed by atoms with Gasteiger partial charge in [0.05, 0.1) is 4.90 Å². The van der Waals surface area contributed by atoms with Gasteiger partial charge in [-0.15, -0.1) is 0 Å². The molecule has 0 aliphatic rings. The van der Waals surface area contributed by atoms with Crippen molar-refractivity contribution >= 4 is 26.0 Å². The number of hydrogen-bond acceptors (Lipinski definition) is 2. The zero-order valence-electron chi connectivity index (χ0n) is 12.2. The molecule has 0 radical (unpaired) electrons. The van der Waals surface area contributed by atoms with E-state index in [2.05, 4.69) is 20.7 Å². The van der Waals surface area contributed by atoms with E-state index < -0.39 is 15.6 Å². The van der Waals surface area contributed by atoms with Gasteiger partial charge in [0, 0.05) is 15.6 Å². The van der Waals surface area contributed by atoms with E-state index in [1.807, 2.05) is 57.2 Å². The molecular formula is C16H18BrNO2S. The van der Waals surface area contributed by atoms with Crippen molar-refractivity contribution in [2.45, 2.75) is 31.2 Å². The molecule has 0 unspecified atom stereocenters. The summed E-state index contributed by atoms with van der Waals surface area (Å²) in [6.07, 6.45) is 0. The lowest BCUT2D eigenvalue weighted by atomic mass is 10.1. The summed E-state index contributed by atoms with van der Waals surface area (Å²) in [5.41, 5.74) is 1.04. The summed E-state index contributed by atoms with van der Waals surface area (Å²) in [7, 11) is -3.57. The Morgan fingerprint density at radius 2 is 1.52 bits per heavy atom. The van der Waals surface area contributed by atoms with Crippen LogP contribution in [0.3, 0.4) is 0 Å². The summed E-state index contributed by atoms with van der Waals surface area (Å²) >= 11 is 3.39. The third-order valence-corrected chi connectivity index (χ3v) is 5.12. The van der Waals surface area contributed by atoms with Crippen molar-refractivity contribution in [3.63, 3.8) is 0 Å². The number of nitrogens with one attached hydrogen (secondary N) is 1. The fraction of sp³-hybridized carbons (Fsp3) is 0.250. The quantitative estimate of drug-likeness (QED) is 0.883. The summed E-state index contributed by atoms with van der Waals surface area (Å²) in [6, 6.07) is 14.6. The Hall–Kier alpha value is -1.17. The molecule has 0 amide bonds. The van der Waals surface area contributed by atoms with Crippen LogP contribution in [-0.4, -0.2) is 14.0 Å². The predicted octanol–water partition coefficient (Wildman–Crippen LogP) is 4.19. The Balaban J connectivity index is 2.54. The molecule has 0 aromatic heterocycles. The van der Waals surface area contributed by atoms with Crippen LogP contribution in [0.4, 0.5) is 0 Å². The topological polar surface area (TPSA) is 46.2 Å². The average molecular weight is 368 g/mol. The van der Waals surface area contributed by atoms with Gasteiger partial charge in [-0.2, -0.15) is 0 Å². The van der Waals surface area contributed by atoms with Gasteiger partial charge in [0.15, 0.2) is 0 Å². The highest BCUT2D eigenvalue weighted by molar-refractivity contribution is 9.10. The molecule has 2 rings (SSSR count). The van der Waals surface area contributed by atoms with Gasteiger partial charge in [0.1, 0.15) is 0 Å².